The maximum atomic E-state index is 13.0. The Balaban J connectivity index is 1.77. The van der Waals surface area contributed by atoms with E-state index in [2.05, 4.69) is 5.10 Å². The molecule has 9 nitrogen and oxygen atoms in total. The van der Waals surface area contributed by atoms with Crippen molar-refractivity contribution < 1.29 is 37.3 Å². The number of ether oxygens (including phenoxy) is 2. The van der Waals surface area contributed by atoms with Crippen LogP contribution in [0.15, 0.2) is 53.3 Å². The van der Waals surface area contributed by atoms with Gasteiger partial charge in [0.15, 0.2) is 17.5 Å². The molecule has 3 aromatic rings. The van der Waals surface area contributed by atoms with Gasteiger partial charge in [-0.1, -0.05) is 19.1 Å². The summed E-state index contributed by atoms with van der Waals surface area (Å²) in [7, 11) is 0. The van der Waals surface area contributed by atoms with Crippen LogP contribution in [0.3, 0.4) is 0 Å². The van der Waals surface area contributed by atoms with Gasteiger partial charge >= 0.3 is 23.8 Å². The van der Waals surface area contributed by atoms with E-state index in [4.69, 9.17) is 9.47 Å². The van der Waals surface area contributed by atoms with Gasteiger partial charge in [-0.15, -0.1) is 0 Å². The highest BCUT2D eigenvalue weighted by Gasteiger charge is 2.31. The van der Waals surface area contributed by atoms with Crippen molar-refractivity contribution >= 4 is 11.9 Å². The molecule has 1 heterocycles. The molecule has 1 N–H and O–H groups in total. The monoisotopic (exact) mass is 535 g/mol. The molecule has 1 aromatic heterocycles. The Hall–Kier alpha value is -4.09. The van der Waals surface area contributed by atoms with E-state index in [0.29, 0.717) is 18.5 Å². The van der Waals surface area contributed by atoms with Crippen molar-refractivity contribution in [3.8, 4) is 5.75 Å². The molecular formula is C26H28F3N3O6. The summed E-state index contributed by atoms with van der Waals surface area (Å²) in [6.07, 6.45) is -4.79. The van der Waals surface area contributed by atoms with Crippen LogP contribution >= 0.6 is 0 Å². The predicted molar refractivity (Wildman–Crippen MR) is 130 cm³/mol. The van der Waals surface area contributed by atoms with Crippen LogP contribution in [0.5, 0.6) is 5.75 Å². The van der Waals surface area contributed by atoms with E-state index >= 15 is 0 Å². The van der Waals surface area contributed by atoms with Gasteiger partial charge in [-0.2, -0.15) is 18.3 Å². The number of carbonyl (C=O) groups excluding carboxylic acids is 1. The molecule has 38 heavy (non-hydrogen) atoms. The summed E-state index contributed by atoms with van der Waals surface area (Å²) in [4.78, 5) is 36.9. The van der Waals surface area contributed by atoms with Gasteiger partial charge in [0.1, 0.15) is 5.75 Å². The van der Waals surface area contributed by atoms with Crippen molar-refractivity contribution in [2.45, 2.75) is 65.1 Å². The standard InChI is InChI=1S/C26H28F3N3O6/c1-5-14-31-21(30-32(24(31)36)15-17-6-10-19(11-7-17)26(27,28)29)16(2)37-22(33)18-8-12-20(13-9-18)38-25(3,4)23(34)35/h6-13,16H,5,14-15H2,1-4H3,(H,34,35)/t16-/m0/s1. The van der Waals surface area contributed by atoms with E-state index < -0.39 is 41.1 Å². The average molecular weight is 536 g/mol. The van der Waals surface area contributed by atoms with Crippen LogP contribution in [0.2, 0.25) is 0 Å². The molecule has 0 radical (unpaired) electrons. The molecule has 0 bridgehead atoms. The second kappa shape index (κ2) is 11.1. The van der Waals surface area contributed by atoms with Crippen LogP contribution in [0.25, 0.3) is 0 Å². The maximum absolute atomic E-state index is 13.0. The lowest BCUT2D eigenvalue weighted by Gasteiger charge is -2.21. The molecule has 0 amide bonds. The summed E-state index contributed by atoms with van der Waals surface area (Å²) >= 11 is 0. The van der Waals surface area contributed by atoms with Crippen LogP contribution in [-0.4, -0.2) is 37.0 Å². The lowest BCUT2D eigenvalue weighted by Crippen LogP contribution is -2.37. The Kier molecular flexibility index (Phi) is 8.33. The lowest BCUT2D eigenvalue weighted by atomic mass is 10.1. The van der Waals surface area contributed by atoms with Crippen molar-refractivity contribution in [3.05, 3.63) is 81.5 Å². The highest BCUT2D eigenvalue weighted by molar-refractivity contribution is 5.89. The highest BCUT2D eigenvalue weighted by Crippen LogP contribution is 2.29. The van der Waals surface area contributed by atoms with Crippen molar-refractivity contribution in [2.24, 2.45) is 0 Å². The SMILES string of the molecule is CCCn1c([C@H](C)OC(=O)c2ccc(OC(C)(C)C(=O)O)cc2)nn(Cc2ccc(C(F)(F)F)cc2)c1=O. The molecule has 12 heteroatoms. The van der Waals surface area contributed by atoms with Crippen LogP contribution in [-0.2, 0) is 28.8 Å². The third-order valence-corrected chi connectivity index (χ3v) is 5.64. The second-order valence-corrected chi connectivity index (χ2v) is 9.13. The van der Waals surface area contributed by atoms with Crippen molar-refractivity contribution in [1.82, 2.24) is 14.3 Å². The predicted octanol–water partition coefficient (Wildman–Crippen LogP) is 4.68. The van der Waals surface area contributed by atoms with Crippen LogP contribution in [0.1, 0.15) is 67.5 Å². The van der Waals surface area contributed by atoms with E-state index in [1.165, 1.54) is 54.8 Å². The molecule has 0 spiro atoms. The number of esters is 1. The van der Waals surface area contributed by atoms with Crippen LogP contribution in [0, 0.1) is 0 Å². The fraction of sp³-hybridized carbons (Fsp3) is 0.385. The third kappa shape index (κ3) is 6.61. The van der Waals surface area contributed by atoms with Gasteiger partial charge < -0.3 is 14.6 Å². The van der Waals surface area contributed by atoms with Gasteiger partial charge in [-0.25, -0.2) is 19.1 Å². The molecular weight excluding hydrogens is 507 g/mol. The second-order valence-electron chi connectivity index (χ2n) is 9.13. The Morgan fingerprint density at radius 2 is 1.66 bits per heavy atom. The van der Waals surface area contributed by atoms with E-state index in [1.54, 1.807) is 6.92 Å². The van der Waals surface area contributed by atoms with E-state index in [9.17, 15) is 32.7 Å². The topological polar surface area (TPSA) is 113 Å². The van der Waals surface area contributed by atoms with E-state index in [0.717, 1.165) is 16.8 Å². The van der Waals surface area contributed by atoms with Gasteiger partial charge in [-0.3, -0.25) is 4.57 Å². The number of hydrogen-bond acceptors (Lipinski definition) is 6. The minimum absolute atomic E-state index is 0.0600. The zero-order valence-corrected chi connectivity index (χ0v) is 21.3. The Morgan fingerprint density at radius 3 is 2.18 bits per heavy atom. The number of alkyl halides is 3. The first-order chi connectivity index (χ1) is 17.7. The number of halogens is 3. The minimum atomic E-state index is -4.47. The number of carboxylic acids is 1. The van der Waals surface area contributed by atoms with Crippen LogP contribution < -0.4 is 10.4 Å². The number of hydrogen-bond donors (Lipinski definition) is 1. The van der Waals surface area contributed by atoms with E-state index in [1.807, 2.05) is 6.92 Å². The zero-order chi connectivity index (χ0) is 28.3. The van der Waals surface area contributed by atoms with E-state index in [-0.39, 0.29) is 23.7 Å². The van der Waals surface area contributed by atoms with Crippen molar-refractivity contribution in [1.29, 1.82) is 0 Å². The number of nitrogens with zero attached hydrogens (tertiary/aromatic N) is 3. The molecule has 2 aromatic carbocycles. The molecule has 0 fully saturated rings. The molecule has 0 saturated heterocycles. The molecule has 0 aliphatic carbocycles. The molecule has 0 saturated carbocycles. The molecule has 3 rings (SSSR count). The first kappa shape index (κ1) is 28.5. The summed E-state index contributed by atoms with van der Waals surface area (Å²) in [5.41, 5.74) is -2.11. The van der Waals surface area contributed by atoms with Gasteiger partial charge in [0.05, 0.1) is 17.7 Å². The first-order valence-electron chi connectivity index (χ1n) is 11.8. The maximum Gasteiger partial charge on any atom is 0.416 e. The third-order valence-electron chi connectivity index (χ3n) is 5.64. The van der Waals surface area contributed by atoms with Gasteiger partial charge in [0.25, 0.3) is 0 Å². The average Bonchev–Trinajstić information content (AvgIpc) is 3.14. The highest BCUT2D eigenvalue weighted by atomic mass is 19.4. The summed E-state index contributed by atoms with van der Waals surface area (Å²) in [6, 6.07) is 10.2. The Labute approximate surface area is 216 Å². The fourth-order valence-electron chi connectivity index (χ4n) is 3.55. The number of carboxylic acid groups (broad SMARTS) is 1. The van der Waals surface area contributed by atoms with Crippen molar-refractivity contribution in [3.63, 3.8) is 0 Å². The molecule has 0 unspecified atom stereocenters. The van der Waals surface area contributed by atoms with Crippen molar-refractivity contribution in [2.75, 3.05) is 0 Å². The number of rotatable bonds is 10. The zero-order valence-electron chi connectivity index (χ0n) is 21.3. The number of aromatic nitrogens is 3. The first-order valence-corrected chi connectivity index (χ1v) is 11.8. The minimum Gasteiger partial charge on any atom is -0.478 e. The summed E-state index contributed by atoms with van der Waals surface area (Å²) in [5, 5.41) is 13.5. The summed E-state index contributed by atoms with van der Waals surface area (Å²) < 4.78 is 52.0. The number of carbonyl (C=O) groups is 2. The number of benzene rings is 2. The molecule has 0 aliphatic rings. The molecule has 0 aliphatic heterocycles. The fourth-order valence-corrected chi connectivity index (χ4v) is 3.55. The normalized spacial score (nSPS) is 12.7. The Morgan fingerprint density at radius 1 is 1.05 bits per heavy atom. The van der Waals surface area contributed by atoms with Gasteiger partial charge in [-0.05, 0) is 69.2 Å². The number of aliphatic carboxylic acids is 1. The van der Waals surface area contributed by atoms with Gasteiger partial charge in [0, 0.05) is 6.54 Å². The van der Waals surface area contributed by atoms with Crippen LogP contribution in [0.4, 0.5) is 13.2 Å². The quantitative estimate of drug-likeness (QED) is 0.375. The smallest absolute Gasteiger partial charge is 0.416 e. The molecule has 1 atom stereocenters. The summed E-state index contributed by atoms with van der Waals surface area (Å²) in [6.45, 7) is 6.44. The summed E-state index contributed by atoms with van der Waals surface area (Å²) in [5.74, 6) is -1.40. The van der Waals surface area contributed by atoms with Gasteiger partial charge in [0.2, 0.25) is 0 Å². The molecule has 204 valence electrons. The Bertz CT molecular complexity index is 1340. The largest absolute Gasteiger partial charge is 0.478 e. The lowest BCUT2D eigenvalue weighted by molar-refractivity contribution is -0.152.